The molecular weight excluding hydrogens is 342 g/mol. The minimum atomic E-state index is -0.398. The second-order valence-corrected chi connectivity index (χ2v) is 6.02. The standard InChI is InChI=1S/C18H16ClN3O3/c1-11-7-12(2)9-13(8-11)17-21-22-18(25-17)20-16(23)10-24-15-5-3-14(19)4-6-15/h3-9H,10H2,1-2H3,(H,20,22,23). The Morgan fingerprint density at radius 3 is 2.48 bits per heavy atom. The minimum Gasteiger partial charge on any atom is -0.484 e. The van der Waals surface area contributed by atoms with Crippen molar-refractivity contribution >= 4 is 23.5 Å². The third kappa shape index (κ3) is 4.58. The number of ether oxygens (including phenoxy) is 1. The highest BCUT2D eigenvalue weighted by Crippen LogP contribution is 2.22. The normalized spacial score (nSPS) is 10.5. The van der Waals surface area contributed by atoms with Gasteiger partial charge >= 0.3 is 6.01 Å². The monoisotopic (exact) mass is 357 g/mol. The summed E-state index contributed by atoms with van der Waals surface area (Å²) in [6.07, 6.45) is 0. The second kappa shape index (κ2) is 7.36. The van der Waals surface area contributed by atoms with Crippen LogP contribution in [0.4, 0.5) is 6.01 Å². The number of nitrogens with one attached hydrogen (secondary N) is 1. The van der Waals surface area contributed by atoms with E-state index >= 15 is 0 Å². The first-order chi connectivity index (χ1) is 12.0. The number of aromatic nitrogens is 2. The molecule has 0 aliphatic rings. The first kappa shape index (κ1) is 17.0. The molecule has 1 aromatic heterocycles. The fraction of sp³-hybridized carbons (Fsp3) is 0.167. The molecule has 1 heterocycles. The molecule has 0 spiro atoms. The summed E-state index contributed by atoms with van der Waals surface area (Å²) in [7, 11) is 0. The maximum absolute atomic E-state index is 11.9. The highest BCUT2D eigenvalue weighted by molar-refractivity contribution is 6.30. The molecule has 0 aliphatic carbocycles. The van der Waals surface area contributed by atoms with Crippen molar-refractivity contribution in [1.82, 2.24) is 10.2 Å². The molecule has 1 amide bonds. The Morgan fingerprint density at radius 1 is 1.12 bits per heavy atom. The van der Waals surface area contributed by atoms with Crippen molar-refractivity contribution in [2.45, 2.75) is 13.8 Å². The predicted octanol–water partition coefficient (Wildman–Crippen LogP) is 4.02. The largest absolute Gasteiger partial charge is 0.484 e. The van der Waals surface area contributed by atoms with Gasteiger partial charge in [0.25, 0.3) is 5.91 Å². The average molecular weight is 358 g/mol. The molecule has 6 nitrogen and oxygen atoms in total. The van der Waals surface area contributed by atoms with Crippen molar-refractivity contribution < 1.29 is 13.9 Å². The molecule has 25 heavy (non-hydrogen) atoms. The van der Waals surface area contributed by atoms with Gasteiger partial charge in [0, 0.05) is 10.6 Å². The Bertz CT molecular complexity index is 871. The van der Waals surface area contributed by atoms with Gasteiger partial charge in [0.05, 0.1) is 0 Å². The molecule has 0 saturated carbocycles. The maximum atomic E-state index is 11.9. The summed E-state index contributed by atoms with van der Waals surface area (Å²) in [5.74, 6) is 0.493. The number of hydrogen-bond acceptors (Lipinski definition) is 5. The van der Waals surface area contributed by atoms with Gasteiger partial charge < -0.3 is 9.15 Å². The van der Waals surface area contributed by atoms with Gasteiger partial charge in [0.1, 0.15) is 5.75 Å². The van der Waals surface area contributed by atoms with Crippen molar-refractivity contribution in [3.63, 3.8) is 0 Å². The molecule has 3 aromatic rings. The fourth-order valence-electron chi connectivity index (χ4n) is 2.32. The molecule has 1 N–H and O–H groups in total. The lowest BCUT2D eigenvalue weighted by molar-refractivity contribution is -0.118. The molecular formula is C18H16ClN3O3. The number of aryl methyl sites for hydroxylation is 2. The van der Waals surface area contributed by atoms with Crippen LogP contribution >= 0.6 is 11.6 Å². The van der Waals surface area contributed by atoms with Gasteiger partial charge in [-0.25, -0.2) is 0 Å². The van der Waals surface area contributed by atoms with Crippen LogP contribution in [0, 0.1) is 13.8 Å². The number of carbonyl (C=O) groups excluding carboxylic acids is 1. The van der Waals surface area contributed by atoms with Crippen molar-refractivity contribution in [3.8, 4) is 17.2 Å². The number of amides is 1. The quantitative estimate of drug-likeness (QED) is 0.746. The van der Waals surface area contributed by atoms with Crippen molar-refractivity contribution in [2.75, 3.05) is 11.9 Å². The average Bonchev–Trinajstić information content (AvgIpc) is 3.02. The molecule has 0 unspecified atom stereocenters. The zero-order valence-corrected chi connectivity index (χ0v) is 14.5. The molecule has 3 rings (SSSR count). The molecule has 0 saturated heterocycles. The summed E-state index contributed by atoms with van der Waals surface area (Å²) in [4.78, 5) is 11.9. The fourth-order valence-corrected chi connectivity index (χ4v) is 2.45. The molecule has 0 atom stereocenters. The molecule has 0 radical (unpaired) electrons. The van der Waals surface area contributed by atoms with E-state index in [9.17, 15) is 4.79 Å². The number of hydrogen-bond donors (Lipinski definition) is 1. The summed E-state index contributed by atoms with van der Waals surface area (Å²) >= 11 is 5.79. The highest BCUT2D eigenvalue weighted by Gasteiger charge is 2.12. The van der Waals surface area contributed by atoms with E-state index in [0.29, 0.717) is 16.7 Å². The first-order valence-electron chi connectivity index (χ1n) is 7.60. The number of rotatable bonds is 5. The number of nitrogens with zero attached hydrogens (tertiary/aromatic N) is 2. The van der Waals surface area contributed by atoms with Gasteiger partial charge in [0.15, 0.2) is 6.61 Å². The van der Waals surface area contributed by atoms with Gasteiger partial charge in [-0.15, -0.1) is 5.10 Å². The van der Waals surface area contributed by atoms with Crippen molar-refractivity contribution in [1.29, 1.82) is 0 Å². The van der Waals surface area contributed by atoms with Gasteiger partial charge in [0.2, 0.25) is 5.89 Å². The Morgan fingerprint density at radius 2 is 1.80 bits per heavy atom. The van der Waals surface area contributed by atoms with Crippen molar-refractivity contribution in [2.24, 2.45) is 0 Å². The number of anilines is 1. The van der Waals surface area contributed by atoms with Gasteiger partial charge in [-0.05, 0) is 50.2 Å². The topological polar surface area (TPSA) is 77.2 Å². The lowest BCUT2D eigenvalue weighted by Crippen LogP contribution is -2.20. The van der Waals surface area contributed by atoms with Crippen LogP contribution in [0.2, 0.25) is 5.02 Å². The van der Waals surface area contributed by atoms with Crippen LogP contribution in [0.15, 0.2) is 46.9 Å². The summed E-state index contributed by atoms with van der Waals surface area (Å²) < 4.78 is 10.8. The molecule has 2 aromatic carbocycles. The summed E-state index contributed by atoms with van der Waals surface area (Å²) in [6, 6.07) is 12.7. The zero-order chi connectivity index (χ0) is 17.8. The van der Waals surface area contributed by atoms with Crippen LogP contribution in [0.3, 0.4) is 0 Å². The third-order valence-electron chi connectivity index (χ3n) is 3.32. The SMILES string of the molecule is Cc1cc(C)cc(-c2nnc(NC(=O)COc3ccc(Cl)cc3)o2)c1. The minimum absolute atomic E-state index is 0.0267. The Kier molecular flexibility index (Phi) is 5.00. The third-order valence-corrected chi connectivity index (χ3v) is 3.58. The highest BCUT2D eigenvalue weighted by atomic mass is 35.5. The van der Waals surface area contributed by atoms with E-state index < -0.39 is 5.91 Å². The Hall–Kier alpha value is -2.86. The predicted molar refractivity (Wildman–Crippen MR) is 94.8 cm³/mol. The lowest BCUT2D eigenvalue weighted by Gasteiger charge is -2.05. The van der Waals surface area contributed by atoms with Crippen LogP contribution in [0.25, 0.3) is 11.5 Å². The van der Waals surface area contributed by atoms with Crippen LogP contribution in [0.5, 0.6) is 5.75 Å². The van der Waals surface area contributed by atoms with Crippen LogP contribution < -0.4 is 10.1 Å². The molecule has 0 fully saturated rings. The molecule has 7 heteroatoms. The Labute approximate surface area is 149 Å². The van der Waals surface area contributed by atoms with E-state index in [4.69, 9.17) is 20.8 Å². The zero-order valence-electron chi connectivity index (χ0n) is 13.7. The Balaban J connectivity index is 1.60. The van der Waals surface area contributed by atoms with E-state index in [1.54, 1.807) is 24.3 Å². The van der Waals surface area contributed by atoms with Crippen LogP contribution in [-0.4, -0.2) is 22.7 Å². The first-order valence-corrected chi connectivity index (χ1v) is 7.98. The maximum Gasteiger partial charge on any atom is 0.322 e. The van der Waals surface area contributed by atoms with E-state index in [1.165, 1.54) is 0 Å². The van der Waals surface area contributed by atoms with E-state index in [-0.39, 0.29) is 12.6 Å². The van der Waals surface area contributed by atoms with Crippen LogP contribution in [-0.2, 0) is 4.79 Å². The van der Waals surface area contributed by atoms with Crippen LogP contribution in [0.1, 0.15) is 11.1 Å². The second-order valence-electron chi connectivity index (χ2n) is 5.58. The smallest absolute Gasteiger partial charge is 0.322 e. The van der Waals surface area contributed by atoms with Crippen molar-refractivity contribution in [3.05, 3.63) is 58.6 Å². The van der Waals surface area contributed by atoms with E-state index in [1.807, 2.05) is 26.0 Å². The number of carbonyl (C=O) groups is 1. The van der Waals surface area contributed by atoms with Gasteiger partial charge in [-0.1, -0.05) is 33.9 Å². The number of halogens is 1. The molecule has 0 aliphatic heterocycles. The summed E-state index contributed by atoms with van der Waals surface area (Å²) in [5.41, 5.74) is 2.99. The van der Waals surface area contributed by atoms with Gasteiger partial charge in [-0.3, -0.25) is 10.1 Å². The molecule has 0 bridgehead atoms. The van der Waals surface area contributed by atoms with E-state index in [0.717, 1.165) is 16.7 Å². The number of benzene rings is 2. The van der Waals surface area contributed by atoms with E-state index in [2.05, 4.69) is 21.6 Å². The summed E-state index contributed by atoms with van der Waals surface area (Å²) in [5, 5.41) is 10.9. The van der Waals surface area contributed by atoms with Gasteiger partial charge in [-0.2, -0.15) is 0 Å². The molecule has 128 valence electrons. The lowest BCUT2D eigenvalue weighted by atomic mass is 10.1. The summed E-state index contributed by atoms with van der Waals surface area (Å²) in [6.45, 7) is 3.80.